The number of aryl methyl sites for hydroxylation is 1. The number of hydrogen-bond donors (Lipinski definition) is 1. The highest BCUT2D eigenvalue weighted by molar-refractivity contribution is 7.90. The number of carbonyl (C=O) groups is 1. The van der Waals surface area contributed by atoms with Crippen molar-refractivity contribution in [2.75, 3.05) is 12.4 Å². The lowest BCUT2D eigenvalue weighted by molar-refractivity contribution is -0.115. The van der Waals surface area contributed by atoms with E-state index < -0.39 is 15.6 Å². The van der Waals surface area contributed by atoms with E-state index in [1.54, 1.807) is 37.4 Å². The number of benzene rings is 2. The van der Waals surface area contributed by atoms with Crippen LogP contribution in [0, 0.1) is 6.92 Å². The van der Waals surface area contributed by atoms with Crippen LogP contribution in [0.1, 0.15) is 17.0 Å². The summed E-state index contributed by atoms with van der Waals surface area (Å²) >= 11 is 0. The first-order valence-electron chi connectivity index (χ1n) is 8.41. The molecule has 0 saturated carbocycles. The van der Waals surface area contributed by atoms with Crippen LogP contribution in [0.15, 0.2) is 57.8 Å². The Bertz CT molecular complexity index is 1080. The lowest BCUT2D eigenvalue weighted by Gasteiger charge is -2.07. The van der Waals surface area contributed by atoms with E-state index in [-0.39, 0.29) is 29.1 Å². The molecule has 146 valence electrons. The molecule has 0 aliphatic carbocycles. The van der Waals surface area contributed by atoms with Gasteiger partial charge >= 0.3 is 6.01 Å². The van der Waals surface area contributed by atoms with Gasteiger partial charge in [-0.2, -0.15) is 0 Å². The predicted octanol–water partition coefficient (Wildman–Crippen LogP) is 2.54. The second-order valence-electron chi connectivity index (χ2n) is 6.10. The first-order chi connectivity index (χ1) is 13.4. The van der Waals surface area contributed by atoms with Gasteiger partial charge in [0.15, 0.2) is 9.84 Å². The maximum absolute atomic E-state index is 12.3. The van der Waals surface area contributed by atoms with Crippen molar-refractivity contribution in [3.05, 3.63) is 65.5 Å². The van der Waals surface area contributed by atoms with Crippen molar-refractivity contribution in [1.29, 1.82) is 0 Å². The molecular weight excluding hydrogens is 382 g/mol. The molecule has 0 spiro atoms. The van der Waals surface area contributed by atoms with E-state index in [9.17, 15) is 13.2 Å². The fourth-order valence-corrected chi connectivity index (χ4v) is 3.82. The molecule has 3 rings (SSSR count). The largest absolute Gasteiger partial charge is 0.496 e. The number of hydrogen-bond acceptors (Lipinski definition) is 7. The molecule has 0 fully saturated rings. The molecule has 8 nitrogen and oxygen atoms in total. The first-order valence-corrected chi connectivity index (χ1v) is 10.1. The summed E-state index contributed by atoms with van der Waals surface area (Å²) in [6, 6.07) is 13.3. The third-order valence-corrected chi connectivity index (χ3v) is 5.57. The van der Waals surface area contributed by atoms with Crippen LogP contribution in [0.2, 0.25) is 0 Å². The lowest BCUT2D eigenvalue weighted by atomic mass is 10.1. The van der Waals surface area contributed by atoms with Crippen LogP contribution in [0.5, 0.6) is 5.75 Å². The Kier molecular flexibility index (Phi) is 5.74. The van der Waals surface area contributed by atoms with Gasteiger partial charge in [0, 0.05) is 0 Å². The normalized spacial score (nSPS) is 11.2. The Morgan fingerprint density at radius 2 is 1.89 bits per heavy atom. The minimum atomic E-state index is -3.61. The third kappa shape index (κ3) is 4.74. The number of nitrogens with zero attached hydrogens (tertiary/aromatic N) is 2. The van der Waals surface area contributed by atoms with Gasteiger partial charge < -0.3 is 9.15 Å². The Hall–Kier alpha value is -3.20. The quantitative estimate of drug-likeness (QED) is 0.647. The highest BCUT2D eigenvalue weighted by Gasteiger charge is 2.20. The van der Waals surface area contributed by atoms with Gasteiger partial charge in [0.05, 0.1) is 18.4 Å². The number of amides is 1. The molecule has 3 aromatic rings. The van der Waals surface area contributed by atoms with Crippen LogP contribution in [-0.2, 0) is 26.8 Å². The SMILES string of the molecule is COc1ccc(CC(=O)Nc2nnc(CS(=O)(=O)c3ccccc3)o2)cc1C. The molecule has 0 atom stereocenters. The van der Waals surface area contributed by atoms with Crippen LogP contribution in [-0.4, -0.2) is 31.6 Å². The summed E-state index contributed by atoms with van der Waals surface area (Å²) < 4.78 is 35.1. The molecule has 0 bridgehead atoms. The second kappa shape index (κ2) is 8.22. The molecule has 0 radical (unpaired) electrons. The average molecular weight is 401 g/mol. The summed E-state index contributed by atoms with van der Waals surface area (Å²) in [5, 5.41) is 9.86. The Morgan fingerprint density at radius 3 is 2.57 bits per heavy atom. The second-order valence-corrected chi connectivity index (χ2v) is 8.09. The van der Waals surface area contributed by atoms with Gasteiger partial charge in [-0.25, -0.2) is 8.42 Å². The van der Waals surface area contributed by atoms with Crippen LogP contribution < -0.4 is 10.1 Å². The summed E-state index contributed by atoms with van der Waals surface area (Å²) in [7, 11) is -2.03. The van der Waals surface area contributed by atoms with Gasteiger partial charge in [-0.1, -0.05) is 35.4 Å². The highest BCUT2D eigenvalue weighted by Crippen LogP contribution is 2.19. The Labute approximate surface area is 162 Å². The van der Waals surface area contributed by atoms with Crippen molar-refractivity contribution in [3.63, 3.8) is 0 Å². The molecule has 0 unspecified atom stereocenters. The number of rotatable bonds is 7. The van der Waals surface area contributed by atoms with Crippen molar-refractivity contribution < 1.29 is 22.4 Å². The van der Waals surface area contributed by atoms with Crippen LogP contribution in [0.25, 0.3) is 0 Å². The number of anilines is 1. The average Bonchev–Trinajstić information content (AvgIpc) is 3.08. The minimum absolute atomic E-state index is 0.0977. The summed E-state index contributed by atoms with van der Waals surface area (Å²) in [5.41, 5.74) is 1.71. The lowest BCUT2D eigenvalue weighted by Crippen LogP contribution is -2.14. The Morgan fingerprint density at radius 1 is 1.14 bits per heavy atom. The standard InChI is InChI=1S/C19H19N3O5S/c1-13-10-14(8-9-16(13)26-2)11-17(23)20-19-22-21-18(27-19)12-28(24,25)15-6-4-3-5-7-15/h3-10H,11-12H2,1-2H3,(H,20,22,23). The molecule has 28 heavy (non-hydrogen) atoms. The summed E-state index contributed by atoms with van der Waals surface area (Å²) in [5.74, 6) is -0.159. The van der Waals surface area contributed by atoms with Crippen molar-refractivity contribution >= 4 is 21.8 Å². The van der Waals surface area contributed by atoms with Crippen molar-refractivity contribution in [2.24, 2.45) is 0 Å². The van der Waals surface area contributed by atoms with E-state index in [1.807, 2.05) is 13.0 Å². The van der Waals surface area contributed by atoms with E-state index in [4.69, 9.17) is 9.15 Å². The van der Waals surface area contributed by atoms with Gasteiger partial charge in [-0.3, -0.25) is 10.1 Å². The fourth-order valence-electron chi connectivity index (χ4n) is 2.64. The number of sulfone groups is 1. The summed E-state index contributed by atoms with van der Waals surface area (Å²) in [6.45, 7) is 1.89. The smallest absolute Gasteiger partial charge is 0.322 e. The number of nitrogens with one attached hydrogen (secondary N) is 1. The topological polar surface area (TPSA) is 111 Å². The van der Waals surface area contributed by atoms with Crippen LogP contribution in [0.3, 0.4) is 0 Å². The van der Waals surface area contributed by atoms with E-state index in [1.165, 1.54) is 12.1 Å². The zero-order chi connectivity index (χ0) is 20.1. The number of ether oxygens (including phenoxy) is 1. The molecular formula is C19H19N3O5S. The molecule has 2 aromatic carbocycles. The van der Waals surface area contributed by atoms with Gasteiger partial charge in [-0.05, 0) is 36.2 Å². The Balaban J connectivity index is 1.63. The van der Waals surface area contributed by atoms with E-state index >= 15 is 0 Å². The van der Waals surface area contributed by atoms with Gasteiger partial charge in [-0.15, -0.1) is 5.10 Å². The molecule has 0 saturated heterocycles. The third-order valence-electron chi connectivity index (χ3n) is 3.95. The van der Waals surface area contributed by atoms with E-state index in [0.29, 0.717) is 0 Å². The van der Waals surface area contributed by atoms with Crippen molar-refractivity contribution in [3.8, 4) is 5.75 Å². The summed E-state index contributed by atoms with van der Waals surface area (Å²) in [6.07, 6.45) is 0.102. The van der Waals surface area contributed by atoms with E-state index in [0.717, 1.165) is 16.9 Å². The van der Waals surface area contributed by atoms with Crippen molar-refractivity contribution in [2.45, 2.75) is 24.0 Å². The van der Waals surface area contributed by atoms with Gasteiger partial charge in [0.25, 0.3) is 0 Å². The monoisotopic (exact) mass is 401 g/mol. The molecule has 0 aliphatic heterocycles. The van der Waals surface area contributed by atoms with Gasteiger partial charge in [0.2, 0.25) is 11.8 Å². The molecule has 1 N–H and O–H groups in total. The first kappa shape index (κ1) is 19.6. The molecule has 0 aliphatic rings. The highest BCUT2D eigenvalue weighted by atomic mass is 32.2. The molecule has 1 heterocycles. The van der Waals surface area contributed by atoms with Gasteiger partial charge in [0.1, 0.15) is 11.5 Å². The van der Waals surface area contributed by atoms with Crippen molar-refractivity contribution in [1.82, 2.24) is 10.2 Å². The van der Waals surface area contributed by atoms with E-state index in [2.05, 4.69) is 15.5 Å². The molecule has 9 heteroatoms. The zero-order valence-electron chi connectivity index (χ0n) is 15.4. The molecule has 1 aromatic heterocycles. The number of aromatic nitrogens is 2. The fraction of sp³-hybridized carbons (Fsp3) is 0.211. The number of carbonyl (C=O) groups excluding carboxylic acids is 1. The molecule has 1 amide bonds. The summed E-state index contributed by atoms with van der Waals surface area (Å²) in [4.78, 5) is 12.3. The van der Waals surface area contributed by atoms with Crippen LogP contribution in [0.4, 0.5) is 6.01 Å². The maximum atomic E-state index is 12.3. The predicted molar refractivity (Wildman–Crippen MR) is 102 cm³/mol. The minimum Gasteiger partial charge on any atom is -0.496 e. The number of methoxy groups -OCH3 is 1. The maximum Gasteiger partial charge on any atom is 0.322 e. The zero-order valence-corrected chi connectivity index (χ0v) is 16.2. The van der Waals surface area contributed by atoms with Crippen LogP contribution >= 0.6 is 0 Å².